The summed E-state index contributed by atoms with van der Waals surface area (Å²) in [6.07, 6.45) is 5.50. The predicted molar refractivity (Wildman–Crippen MR) is 82.1 cm³/mol. The highest BCUT2D eigenvalue weighted by atomic mass is 16.3. The Morgan fingerprint density at radius 3 is 2.86 bits per heavy atom. The van der Waals surface area contributed by atoms with Crippen LogP contribution in [0.3, 0.4) is 0 Å². The van der Waals surface area contributed by atoms with Crippen LogP contribution in [0.5, 0.6) is 0 Å². The number of hydrogen-bond acceptors (Lipinski definition) is 4. The minimum atomic E-state index is -0.225. The lowest BCUT2D eigenvalue weighted by Gasteiger charge is -2.19. The highest BCUT2D eigenvalue weighted by molar-refractivity contribution is 5.92. The summed E-state index contributed by atoms with van der Waals surface area (Å²) in [5.74, 6) is 0.218. The van der Waals surface area contributed by atoms with Gasteiger partial charge in [-0.15, -0.1) is 0 Å². The van der Waals surface area contributed by atoms with E-state index in [2.05, 4.69) is 15.3 Å². The number of carbonyl (C=O) groups excluding carboxylic acids is 1. The molecule has 2 aromatic heterocycles. The molecule has 1 aliphatic carbocycles. The number of nitrogens with zero attached hydrogens (tertiary/aromatic N) is 2. The number of amides is 1. The largest absolute Gasteiger partial charge is 0.392 e. The molecule has 0 aromatic carbocycles. The van der Waals surface area contributed by atoms with Gasteiger partial charge in [-0.3, -0.25) is 14.8 Å². The molecule has 0 aliphatic heterocycles. The number of aromatic nitrogens is 2. The van der Waals surface area contributed by atoms with E-state index in [0.717, 1.165) is 24.1 Å². The molecule has 1 saturated carbocycles. The first kappa shape index (κ1) is 14.7. The molecule has 2 heterocycles. The van der Waals surface area contributed by atoms with Crippen molar-refractivity contribution in [2.75, 3.05) is 0 Å². The molecule has 0 unspecified atom stereocenters. The van der Waals surface area contributed by atoms with E-state index >= 15 is 0 Å². The van der Waals surface area contributed by atoms with Gasteiger partial charge in [0.15, 0.2) is 0 Å². The molecule has 0 radical (unpaired) electrons. The van der Waals surface area contributed by atoms with Crippen LogP contribution in [0.2, 0.25) is 0 Å². The van der Waals surface area contributed by atoms with Crippen LogP contribution in [0.1, 0.15) is 46.2 Å². The van der Waals surface area contributed by atoms with Gasteiger partial charge in [0.2, 0.25) is 0 Å². The highest BCUT2D eigenvalue weighted by Crippen LogP contribution is 2.41. The maximum absolute atomic E-state index is 12.5. The first-order chi connectivity index (χ1) is 10.7. The Kier molecular flexibility index (Phi) is 4.15. The van der Waals surface area contributed by atoms with Crippen molar-refractivity contribution in [3.05, 3.63) is 59.2 Å². The van der Waals surface area contributed by atoms with Crippen LogP contribution in [0.4, 0.5) is 0 Å². The normalized spacial score (nSPS) is 15.4. The van der Waals surface area contributed by atoms with Crippen LogP contribution >= 0.6 is 0 Å². The lowest BCUT2D eigenvalue weighted by atomic mass is 10.0. The maximum atomic E-state index is 12.5. The van der Waals surface area contributed by atoms with Crippen molar-refractivity contribution in [2.45, 2.75) is 32.4 Å². The third-order valence-electron chi connectivity index (χ3n) is 3.96. The van der Waals surface area contributed by atoms with Gasteiger partial charge >= 0.3 is 0 Å². The maximum Gasteiger partial charge on any atom is 0.270 e. The first-order valence-electron chi connectivity index (χ1n) is 7.47. The predicted octanol–water partition coefficient (Wildman–Crippen LogP) is 2.16. The molecule has 1 fully saturated rings. The van der Waals surface area contributed by atoms with Gasteiger partial charge in [-0.1, -0.05) is 6.07 Å². The average Bonchev–Trinajstić information content (AvgIpc) is 3.38. The number of pyridine rings is 2. The topological polar surface area (TPSA) is 75.1 Å². The summed E-state index contributed by atoms with van der Waals surface area (Å²) in [7, 11) is 0. The number of rotatable bonds is 5. The van der Waals surface area contributed by atoms with Crippen LogP contribution in [-0.2, 0) is 6.61 Å². The van der Waals surface area contributed by atoms with Gasteiger partial charge in [-0.25, -0.2) is 0 Å². The average molecular weight is 297 g/mol. The summed E-state index contributed by atoms with van der Waals surface area (Å²) in [4.78, 5) is 21.0. The molecule has 22 heavy (non-hydrogen) atoms. The van der Waals surface area contributed by atoms with Gasteiger partial charge in [-0.2, -0.15) is 0 Å². The molecule has 1 amide bonds. The number of aryl methyl sites for hydroxylation is 1. The van der Waals surface area contributed by atoms with Crippen LogP contribution in [0, 0.1) is 12.8 Å². The fourth-order valence-corrected chi connectivity index (χ4v) is 2.57. The molecular formula is C17H19N3O2. The lowest BCUT2D eigenvalue weighted by Crippen LogP contribution is -2.31. The fourth-order valence-electron chi connectivity index (χ4n) is 2.57. The molecule has 3 rings (SSSR count). The number of aliphatic hydroxyl groups excluding tert-OH is 1. The zero-order chi connectivity index (χ0) is 15.5. The molecule has 0 spiro atoms. The van der Waals surface area contributed by atoms with Crippen molar-refractivity contribution in [3.8, 4) is 0 Å². The molecular weight excluding hydrogens is 278 g/mol. The molecule has 2 aromatic rings. The third kappa shape index (κ3) is 3.14. The summed E-state index contributed by atoms with van der Waals surface area (Å²) < 4.78 is 0. The fraction of sp³-hybridized carbons (Fsp3) is 0.353. The second-order valence-corrected chi connectivity index (χ2v) is 5.70. The van der Waals surface area contributed by atoms with Crippen LogP contribution in [0.25, 0.3) is 0 Å². The number of aliphatic hydroxyl groups is 1. The Labute approximate surface area is 129 Å². The highest BCUT2D eigenvalue weighted by Gasteiger charge is 2.35. The summed E-state index contributed by atoms with van der Waals surface area (Å²) >= 11 is 0. The molecule has 1 atom stereocenters. The quantitative estimate of drug-likeness (QED) is 0.887. The Morgan fingerprint density at radius 1 is 1.36 bits per heavy atom. The molecule has 0 bridgehead atoms. The van der Waals surface area contributed by atoms with Crippen molar-refractivity contribution in [3.63, 3.8) is 0 Å². The van der Waals surface area contributed by atoms with Crippen LogP contribution in [-0.4, -0.2) is 21.0 Å². The van der Waals surface area contributed by atoms with Crippen molar-refractivity contribution in [1.82, 2.24) is 15.3 Å². The molecule has 1 aliphatic rings. The van der Waals surface area contributed by atoms with Crippen molar-refractivity contribution in [1.29, 1.82) is 0 Å². The second kappa shape index (κ2) is 6.23. The summed E-state index contributed by atoms with van der Waals surface area (Å²) in [5.41, 5.74) is 3.01. The van der Waals surface area contributed by atoms with Gasteiger partial charge in [0.25, 0.3) is 5.91 Å². The van der Waals surface area contributed by atoms with Gasteiger partial charge in [0.05, 0.1) is 18.3 Å². The zero-order valence-electron chi connectivity index (χ0n) is 12.5. The molecule has 0 saturated heterocycles. The van der Waals surface area contributed by atoms with Crippen molar-refractivity contribution in [2.24, 2.45) is 5.92 Å². The minimum Gasteiger partial charge on any atom is -0.392 e. The second-order valence-electron chi connectivity index (χ2n) is 5.70. The minimum absolute atomic E-state index is 0.0757. The number of carbonyl (C=O) groups is 1. The van der Waals surface area contributed by atoms with E-state index in [1.165, 1.54) is 0 Å². The summed E-state index contributed by atoms with van der Waals surface area (Å²) in [6, 6.07) is 7.14. The van der Waals surface area contributed by atoms with E-state index in [4.69, 9.17) is 5.11 Å². The van der Waals surface area contributed by atoms with E-state index in [1.807, 2.05) is 19.1 Å². The number of hydrogen-bond donors (Lipinski definition) is 2. The van der Waals surface area contributed by atoms with E-state index in [0.29, 0.717) is 17.2 Å². The Hall–Kier alpha value is -2.27. The lowest BCUT2D eigenvalue weighted by molar-refractivity contribution is 0.0925. The van der Waals surface area contributed by atoms with E-state index in [9.17, 15) is 4.79 Å². The van der Waals surface area contributed by atoms with E-state index in [1.54, 1.807) is 24.5 Å². The summed E-state index contributed by atoms with van der Waals surface area (Å²) in [5, 5.41) is 12.2. The molecule has 5 heteroatoms. The van der Waals surface area contributed by atoms with Gasteiger partial charge in [-0.05, 0) is 55.0 Å². The monoisotopic (exact) mass is 297 g/mol. The molecule has 114 valence electrons. The SMILES string of the molecule is Cc1cccnc1[C@H](NC(=O)c1cc(CO)ccn1)C1CC1. The standard InChI is InChI=1S/C17H19N3O2/c1-11-3-2-7-19-15(11)16(13-4-5-13)20-17(22)14-9-12(10-21)6-8-18-14/h2-3,6-9,13,16,21H,4-5,10H2,1H3,(H,20,22)/t16-/m1/s1. The van der Waals surface area contributed by atoms with E-state index in [-0.39, 0.29) is 18.6 Å². The molecule has 2 N–H and O–H groups in total. The van der Waals surface area contributed by atoms with E-state index < -0.39 is 0 Å². The Bertz CT molecular complexity index is 683. The Balaban J connectivity index is 1.82. The Morgan fingerprint density at radius 2 is 2.18 bits per heavy atom. The van der Waals surface area contributed by atoms with Crippen molar-refractivity contribution < 1.29 is 9.90 Å². The van der Waals surface area contributed by atoms with Gasteiger partial charge < -0.3 is 10.4 Å². The van der Waals surface area contributed by atoms with Crippen LogP contribution in [0.15, 0.2) is 36.7 Å². The van der Waals surface area contributed by atoms with Gasteiger partial charge in [0.1, 0.15) is 5.69 Å². The van der Waals surface area contributed by atoms with Crippen molar-refractivity contribution >= 4 is 5.91 Å². The number of nitrogens with one attached hydrogen (secondary N) is 1. The van der Waals surface area contributed by atoms with Crippen LogP contribution < -0.4 is 5.32 Å². The zero-order valence-corrected chi connectivity index (χ0v) is 12.5. The smallest absolute Gasteiger partial charge is 0.270 e. The van der Waals surface area contributed by atoms with Gasteiger partial charge in [0, 0.05) is 12.4 Å². The third-order valence-corrected chi connectivity index (χ3v) is 3.96. The first-order valence-corrected chi connectivity index (χ1v) is 7.47. The summed E-state index contributed by atoms with van der Waals surface area (Å²) in [6.45, 7) is 1.91. The molecule has 5 nitrogen and oxygen atoms in total.